The van der Waals surface area contributed by atoms with Gasteiger partial charge in [0.05, 0.1) is 23.4 Å². The van der Waals surface area contributed by atoms with Crippen LogP contribution in [0, 0.1) is 5.92 Å². The molecule has 3 heteroatoms. The van der Waals surface area contributed by atoms with Crippen molar-refractivity contribution in [2.45, 2.75) is 32.7 Å². The van der Waals surface area contributed by atoms with Crippen LogP contribution < -0.4 is 5.32 Å². The molecule has 16 heavy (non-hydrogen) atoms. The minimum atomic E-state index is 0.0786. The zero-order chi connectivity index (χ0) is 12.0. The van der Waals surface area contributed by atoms with Crippen molar-refractivity contribution < 1.29 is 5.11 Å². The molecular formula is C13H20ClNO. The summed E-state index contributed by atoms with van der Waals surface area (Å²) in [5.41, 5.74) is 0.898. The van der Waals surface area contributed by atoms with Gasteiger partial charge in [-0.15, -0.1) is 0 Å². The number of anilines is 1. The molecule has 0 radical (unpaired) electrons. The molecule has 1 atom stereocenters. The van der Waals surface area contributed by atoms with E-state index in [4.69, 9.17) is 11.6 Å². The number of aliphatic hydroxyl groups is 1. The number of aliphatic hydroxyl groups excluding tert-OH is 1. The van der Waals surface area contributed by atoms with Gasteiger partial charge in [0.2, 0.25) is 0 Å². The maximum atomic E-state index is 9.41. The van der Waals surface area contributed by atoms with Gasteiger partial charge < -0.3 is 10.4 Å². The molecule has 1 rings (SSSR count). The second kappa shape index (κ2) is 6.77. The van der Waals surface area contributed by atoms with Crippen molar-refractivity contribution in [3.05, 3.63) is 29.3 Å². The fourth-order valence-corrected chi connectivity index (χ4v) is 2.14. The van der Waals surface area contributed by atoms with Crippen molar-refractivity contribution in [2.75, 3.05) is 11.9 Å². The van der Waals surface area contributed by atoms with Gasteiger partial charge in [-0.3, -0.25) is 0 Å². The Labute approximate surface area is 103 Å². The first-order valence-electron chi connectivity index (χ1n) is 5.84. The van der Waals surface area contributed by atoms with Crippen molar-refractivity contribution in [1.29, 1.82) is 0 Å². The van der Waals surface area contributed by atoms with E-state index in [1.165, 1.54) is 0 Å². The lowest BCUT2D eigenvalue weighted by Gasteiger charge is -2.25. The maximum Gasteiger partial charge on any atom is 0.0637 e. The van der Waals surface area contributed by atoms with Crippen LogP contribution in [0.25, 0.3) is 0 Å². The molecule has 0 spiro atoms. The van der Waals surface area contributed by atoms with Gasteiger partial charge in [0, 0.05) is 0 Å². The Morgan fingerprint density at radius 3 is 2.38 bits per heavy atom. The Balaban J connectivity index is 2.73. The third-order valence-electron chi connectivity index (χ3n) is 3.03. The molecule has 1 aromatic rings. The van der Waals surface area contributed by atoms with Crippen LogP contribution in [0.2, 0.25) is 5.02 Å². The number of hydrogen-bond acceptors (Lipinski definition) is 2. The number of para-hydroxylation sites is 1. The van der Waals surface area contributed by atoms with E-state index < -0.39 is 0 Å². The molecule has 0 bridgehead atoms. The van der Waals surface area contributed by atoms with Crippen molar-refractivity contribution in [1.82, 2.24) is 0 Å². The van der Waals surface area contributed by atoms with Gasteiger partial charge in [-0.25, -0.2) is 0 Å². The predicted octanol–water partition coefficient (Wildman–Crippen LogP) is 3.55. The Morgan fingerprint density at radius 2 is 1.88 bits per heavy atom. The van der Waals surface area contributed by atoms with Gasteiger partial charge in [-0.1, -0.05) is 50.4 Å². The fourth-order valence-electron chi connectivity index (χ4n) is 1.95. The number of hydrogen-bond donors (Lipinski definition) is 2. The topological polar surface area (TPSA) is 32.3 Å². The Bertz CT molecular complexity index is 313. The molecule has 0 amide bonds. The highest BCUT2D eigenvalue weighted by Gasteiger charge is 2.17. The van der Waals surface area contributed by atoms with E-state index in [9.17, 15) is 5.11 Å². The highest BCUT2D eigenvalue weighted by molar-refractivity contribution is 6.33. The van der Waals surface area contributed by atoms with Crippen LogP contribution in [0.3, 0.4) is 0 Å². The standard InChI is InChI=1S/C13H20ClNO/c1-3-10(4-2)13(9-16)15-12-8-6-5-7-11(12)14/h5-8,10,13,15-16H,3-4,9H2,1-2H3. The van der Waals surface area contributed by atoms with Crippen molar-refractivity contribution in [3.8, 4) is 0 Å². The van der Waals surface area contributed by atoms with Crippen LogP contribution in [0.4, 0.5) is 5.69 Å². The smallest absolute Gasteiger partial charge is 0.0637 e. The quantitative estimate of drug-likeness (QED) is 0.799. The molecule has 90 valence electrons. The second-order valence-corrected chi connectivity index (χ2v) is 4.40. The van der Waals surface area contributed by atoms with Gasteiger partial charge >= 0.3 is 0 Å². The Kier molecular flexibility index (Phi) is 5.64. The highest BCUT2D eigenvalue weighted by atomic mass is 35.5. The third-order valence-corrected chi connectivity index (χ3v) is 3.36. The lowest BCUT2D eigenvalue weighted by Crippen LogP contribution is -2.32. The molecule has 0 aliphatic heterocycles. The first kappa shape index (κ1) is 13.3. The van der Waals surface area contributed by atoms with Gasteiger partial charge in [0.15, 0.2) is 0 Å². The average Bonchev–Trinajstić information content (AvgIpc) is 2.31. The monoisotopic (exact) mass is 241 g/mol. The molecule has 0 saturated heterocycles. The summed E-state index contributed by atoms with van der Waals surface area (Å²) in [7, 11) is 0. The van der Waals surface area contributed by atoms with Crippen LogP contribution in [-0.4, -0.2) is 17.8 Å². The van der Waals surface area contributed by atoms with Crippen LogP contribution in [0.15, 0.2) is 24.3 Å². The van der Waals surface area contributed by atoms with Gasteiger partial charge in [0.1, 0.15) is 0 Å². The van der Waals surface area contributed by atoms with Crippen molar-refractivity contribution >= 4 is 17.3 Å². The normalized spacial score (nSPS) is 12.8. The maximum absolute atomic E-state index is 9.41. The minimum absolute atomic E-state index is 0.0786. The first-order valence-corrected chi connectivity index (χ1v) is 6.22. The largest absolute Gasteiger partial charge is 0.394 e. The summed E-state index contributed by atoms with van der Waals surface area (Å²) in [4.78, 5) is 0. The van der Waals surface area contributed by atoms with E-state index in [0.717, 1.165) is 18.5 Å². The van der Waals surface area contributed by atoms with E-state index in [-0.39, 0.29) is 12.6 Å². The van der Waals surface area contributed by atoms with Gasteiger partial charge in [0.25, 0.3) is 0 Å². The molecule has 2 nitrogen and oxygen atoms in total. The highest BCUT2D eigenvalue weighted by Crippen LogP contribution is 2.24. The second-order valence-electron chi connectivity index (χ2n) is 3.99. The Hall–Kier alpha value is -0.730. The zero-order valence-corrected chi connectivity index (χ0v) is 10.7. The summed E-state index contributed by atoms with van der Waals surface area (Å²) in [6.07, 6.45) is 2.11. The lowest BCUT2D eigenvalue weighted by atomic mass is 9.94. The molecule has 0 aromatic heterocycles. The molecule has 0 fully saturated rings. The van der Waals surface area contributed by atoms with Gasteiger partial charge in [-0.2, -0.15) is 0 Å². The molecule has 0 saturated carbocycles. The summed E-state index contributed by atoms with van der Waals surface area (Å²) in [5.74, 6) is 0.473. The number of halogens is 1. The van der Waals surface area contributed by atoms with E-state index in [2.05, 4.69) is 19.2 Å². The van der Waals surface area contributed by atoms with Crippen LogP contribution >= 0.6 is 11.6 Å². The van der Waals surface area contributed by atoms with Gasteiger partial charge in [-0.05, 0) is 18.1 Å². The van der Waals surface area contributed by atoms with Crippen LogP contribution in [0.5, 0.6) is 0 Å². The molecular weight excluding hydrogens is 222 g/mol. The molecule has 1 unspecified atom stereocenters. The summed E-state index contributed by atoms with van der Waals surface area (Å²) in [6, 6.07) is 7.71. The minimum Gasteiger partial charge on any atom is -0.394 e. The number of benzene rings is 1. The number of nitrogens with one attached hydrogen (secondary N) is 1. The van der Waals surface area contributed by atoms with Crippen molar-refractivity contribution in [3.63, 3.8) is 0 Å². The number of rotatable bonds is 6. The molecule has 0 aliphatic carbocycles. The lowest BCUT2D eigenvalue weighted by molar-refractivity contribution is 0.231. The Morgan fingerprint density at radius 1 is 1.25 bits per heavy atom. The summed E-state index contributed by atoms with van der Waals surface area (Å²) in [6.45, 7) is 4.42. The van der Waals surface area contributed by atoms with E-state index in [1.54, 1.807) is 0 Å². The molecule has 1 aromatic carbocycles. The summed E-state index contributed by atoms with van der Waals surface area (Å²) < 4.78 is 0. The fraction of sp³-hybridized carbons (Fsp3) is 0.538. The third kappa shape index (κ3) is 3.39. The average molecular weight is 242 g/mol. The summed E-state index contributed by atoms with van der Waals surface area (Å²) in [5, 5.41) is 13.4. The molecule has 0 heterocycles. The van der Waals surface area contributed by atoms with Crippen LogP contribution in [0.1, 0.15) is 26.7 Å². The van der Waals surface area contributed by atoms with Crippen LogP contribution in [-0.2, 0) is 0 Å². The van der Waals surface area contributed by atoms with E-state index >= 15 is 0 Å². The molecule has 0 aliphatic rings. The predicted molar refractivity (Wildman–Crippen MR) is 70.0 cm³/mol. The van der Waals surface area contributed by atoms with E-state index in [1.807, 2.05) is 24.3 Å². The first-order chi connectivity index (χ1) is 7.72. The van der Waals surface area contributed by atoms with E-state index in [0.29, 0.717) is 10.9 Å². The zero-order valence-electron chi connectivity index (χ0n) is 9.91. The molecule has 2 N–H and O–H groups in total. The summed E-state index contributed by atoms with van der Waals surface area (Å²) >= 11 is 6.07. The SMILES string of the molecule is CCC(CC)C(CO)Nc1ccccc1Cl. The van der Waals surface area contributed by atoms with Crippen molar-refractivity contribution in [2.24, 2.45) is 5.92 Å².